The van der Waals surface area contributed by atoms with Crippen LogP contribution < -0.4 is 0 Å². The quantitative estimate of drug-likeness (QED) is 0.767. The smallest absolute Gasteiger partial charge is 0.317 e. The number of hydrogen-bond donors (Lipinski definition) is 2. The van der Waals surface area contributed by atoms with Gasteiger partial charge in [-0.1, -0.05) is 20.8 Å². The normalized spacial score (nSPS) is 30.0. The number of carbonyl (C=O) groups is 3. The number of amides is 1. The van der Waals surface area contributed by atoms with Gasteiger partial charge >= 0.3 is 11.9 Å². The molecule has 0 radical (unpaired) electrons. The Morgan fingerprint density at radius 1 is 1.22 bits per heavy atom. The molecule has 23 heavy (non-hydrogen) atoms. The van der Waals surface area contributed by atoms with Crippen molar-refractivity contribution < 1.29 is 24.6 Å². The second-order valence-corrected chi connectivity index (χ2v) is 9.16. The second kappa shape index (κ2) is 6.34. The Morgan fingerprint density at radius 2 is 1.87 bits per heavy atom. The molecule has 7 heteroatoms. The number of rotatable bonds is 6. The molecular formula is C16H25NO5S. The molecule has 130 valence electrons. The lowest BCUT2D eigenvalue weighted by molar-refractivity contribution is -0.143. The SMILES string of the molecule is CC1(C)C[C@H]2C[C@@](C)(CN2C(=O)CS[C@H](CC(=O)O)C(=O)O)C1. The molecule has 2 aliphatic rings. The first-order valence-corrected chi connectivity index (χ1v) is 8.92. The van der Waals surface area contributed by atoms with Crippen LogP contribution in [0.2, 0.25) is 0 Å². The van der Waals surface area contributed by atoms with Crippen molar-refractivity contribution in [2.24, 2.45) is 10.8 Å². The summed E-state index contributed by atoms with van der Waals surface area (Å²) in [5.74, 6) is -2.39. The Balaban J connectivity index is 1.96. The number of nitrogens with zero attached hydrogens (tertiary/aromatic N) is 1. The van der Waals surface area contributed by atoms with Gasteiger partial charge in [0.25, 0.3) is 0 Å². The lowest BCUT2D eigenvalue weighted by Crippen LogP contribution is -2.39. The Hall–Kier alpha value is -1.24. The average Bonchev–Trinajstić information content (AvgIpc) is 2.62. The predicted octanol–water partition coefficient (Wildman–Crippen LogP) is 2.07. The molecule has 0 aromatic carbocycles. The highest BCUT2D eigenvalue weighted by molar-refractivity contribution is 8.01. The van der Waals surface area contributed by atoms with Gasteiger partial charge in [-0.05, 0) is 30.1 Å². The molecule has 1 aliphatic heterocycles. The third-order valence-corrected chi connectivity index (χ3v) is 5.96. The van der Waals surface area contributed by atoms with Crippen LogP contribution in [0.5, 0.6) is 0 Å². The number of likely N-dealkylation sites (tertiary alicyclic amines) is 1. The van der Waals surface area contributed by atoms with Gasteiger partial charge in [0.1, 0.15) is 5.25 Å². The van der Waals surface area contributed by atoms with Crippen molar-refractivity contribution in [1.82, 2.24) is 4.90 Å². The highest BCUT2D eigenvalue weighted by Gasteiger charge is 2.50. The Bertz CT molecular complexity index is 521. The van der Waals surface area contributed by atoms with Gasteiger partial charge in [0.2, 0.25) is 5.91 Å². The molecule has 2 N–H and O–H groups in total. The fourth-order valence-electron chi connectivity index (χ4n) is 4.38. The molecule has 1 aliphatic carbocycles. The first-order chi connectivity index (χ1) is 10.5. The van der Waals surface area contributed by atoms with Crippen LogP contribution in [0.15, 0.2) is 0 Å². The summed E-state index contributed by atoms with van der Waals surface area (Å²) >= 11 is 0.914. The molecule has 2 fully saturated rings. The molecule has 2 rings (SSSR count). The van der Waals surface area contributed by atoms with Crippen LogP contribution in [0, 0.1) is 10.8 Å². The second-order valence-electron chi connectivity index (χ2n) is 7.97. The van der Waals surface area contributed by atoms with Gasteiger partial charge in [-0.25, -0.2) is 0 Å². The highest BCUT2D eigenvalue weighted by atomic mass is 32.2. The molecule has 1 heterocycles. The maximum Gasteiger partial charge on any atom is 0.317 e. The van der Waals surface area contributed by atoms with E-state index in [-0.39, 0.29) is 28.5 Å². The minimum absolute atomic E-state index is 0.0251. The number of thioether (sulfide) groups is 1. The number of carboxylic acids is 2. The van der Waals surface area contributed by atoms with Gasteiger partial charge in [-0.15, -0.1) is 11.8 Å². The molecular weight excluding hydrogens is 318 g/mol. The molecule has 1 amide bonds. The van der Waals surface area contributed by atoms with Crippen molar-refractivity contribution in [3.05, 3.63) is 0 Å². The van der Waals surface area contributed by atoms with Crippen LogP contribution in [0.4, 0.5) is 0 Å². The van der Waals surface area contributed by atoms with Crippen molar-refractivity contribution in [3.8, 4) is 0 Å². The zero-order chi connectivity index (χ0) is 17.4. The van der Waals surface area contributed by atoms with Crippen LogP contribution in [0.1, 0.15) is 46.5 Å². The lowest BCUT2D eigenvalue weighted by atomic mass is 9.65. The largest absolute Gasteiger partial charge is 0.481 e. The number of carbonyl (C=O) groups excluding carboxylic acids is 1. The summed E-state index contributed by atoms with van der Waals surface area (Å²) in [5, 5.41) is 16.7. The first-order valence-electron chi connectivity index (χ1n) is 7.87. The Morgan fingerprint density at radius 3 is 2.43 bits per heavy atom. The van der Waals surface area contributed by atoms with E-state index in [0.29, 0.717) is 0 Å². The van der Waals surface area contributed by atoms with Crippen LogP contribution >= 0.6 is 11.8 Å². The Kier molecular flexibility index (Phi) is 4.99. The number of aliphatic carboxylic acids is 2. The average molecular weight is 343 g/mol. The maximum atomic E-state index is 12.5. The van der Waals surface area contributed by atoms with Crippen LogP contribution in [0.3, 0.4) is 0 Å². The van der Waals surface area contributed by atoms with Crippen molar-refractivity contribution in [1.29, 1.82) is 0 Å². The van der Waals surface area contributed by atoms with E-state index in [2.05, 4.69) is 20.8 Å². The van der Waals surface area contributed by atoms with E-state index in [0.717, 1.165) is 37.6 Å². The molecule has 1 saturated carbocycles. The van der Waals surface area contributed by atoms with Gasteiger partial charge in [0, 0.05) is 12.6 Å². The van der Waals surface area contributed by atoms with Crippen molar-refractivity contribution in [3.63, 3.8) is 0 Å². The van der Waals surface area contributed by atoms with Gasteiger partial charge < -0.3 is 15.1 Å². The topological polar surface area (TPSA) is 94.9 Å². The lowest BCUT2D eigenvalue weighted by Gasteiger charge is -2.39. The molecule has 0 unspecified atom stereocenters. The molecule has 1 saturated heterocycles. The van der Waals surface area contributed by atoms with E-state index in [9.17, 15) is 14.4 Å². The van der Waals surface area contributed by atoms with Gasteiger partial charge in [-0.3, -0.25) is 14.4 Å². The van der Waals surface area contributed by atoms with E-state index >= 15 is 0 Å². The molecule has 0 aromatic rings. The number of hydrogen-bond acceptors (Lipinski definition) is 4. The summed E-state index contributed by atoms with van der Waals surface area (Å²) in [5.41, 5.74) is 0.354. The monoisotopic (exact) mass is 343 g/mol. The van der Waals surface area contributed by atoms with E-state index < -0.39 is 23.6 Å². The van der Waals surface area contributed by atoms with Crippen molar-refractivity contribution >= 4 is 29.6 Å². The molecule has 6 nitrogen and oxygen atoms in total. The predicted molar refractivity (Wildman–Crippen MR) is 87.4 cm³/mol. The van der Waals surface area contributed by atoms with E-state index in [1.165, 1.54) is 0 Å². The third-order valence-electron chi connectivity index (χ3n) is 4.78. The van der Waals surface area contributed by atoms with E-state index in [1.54, 1.807) is 0 Å². The van der Waals surface area contributed by atoms with Crippen molar-refractivity contribution in [2.75, 3.05) is 12.3 Å². The molecule has 2 bridgehead atoms. The minimum atomic E-state index is -1.18. The first kappa shape index (κ1) is 18.1. The summed E-state index contributed by atoms with van der Waals surface area (Å²) in [7, 11) is 0. The van der Waals surface area contributed by atoms with Crippen molar-refractivity contribution in [2.45, 2.75) is 57.7 Å². The fraction of sp³-hybridized carbons (Fsp3) is 0.812. The Labute approximate surface area is 140 Å². The summed E-state index contributed by atoms with van der Waals surface area (Å²) in [6.45, 7) is 7.39. The van der Waals surface area contributed by atoms with Crippen LogP contribution in [0.25, 0.3) is 0 Å². The number of carboxylic acid groups (broad SMARTS) is 2. The fourth-order valence-corrected chi connectivity index (χ4v) is 5.30. The van der Waals surface area contributed by atoms with Crippen LogP contribution in [-0.4, -0.2) is 56.5 Å². The standard InChI is InChI=1S/C16H25NO5S/c1-15(2)5-10-6-16(3,8-15)9-17(10)12(18)7-23-11(14(21)22)4-13(19)20/h10-11H,4-9H2,1-3H3,(H,19,20)(H,21,22)/t10-,11+,16+/m0/s1. The van der Waals surface area contributed by atoms with Gasteiger partial charge in [0.05, 0.1) is 12.2 Å². The zero-order valence-electron chi connectivity index (χ0n) is 13.9. The molecule has 0 aromatic heterocycles. The zero-order valence-corrected chi connectivity index (χ0v) is 14.7. The van der Waals surface area contributed by atoms with E-state index in [4.69, 9.17) is 10.2 Å². The van der Waals surface area contributed by atoms with Crippen LogP contribution in [-0.2, 0) is 14.4 Å². The summed E-state index contributed by atoms with van der Waals surface area (Å²) < 4.78 is 0. The van der Waals surface area contributed by atoms with Gasteiger partial charge in [-0.2, -0.15) is 0 Å². The number of fused-ring (bicyclic) bond motifs is 2. The third kappa shape index (κ3) is 4.40. The van der Waals surface area contributed by atoms with E-state index in [1.807, 2.05) is 4.90 Å². The highest BCUT2D eigenvalue weighted by Crippen LogP contribution is 2.52. The summed E-state index contributed by atoms with van der Waals surface area (Å²) in [6.07, 6.45) is 2.59. The summed E-state index contributed by atoms with van der Waals surface area (Å²) in [4.78, 5) is 36.2. The molecule has 3 atom stereocenters. The maximum absolute atomic E-state index is 12.5. The summed E-state index contributed by atoms with van der Waals surface area (Å²) in [6, 6.07) is 0.222. The van der Waals surface area contributed by atoms with Gasteiger partial charge in [0.15, 0.2) is 0 Å². The minimum Gasteiger partial charge on any atom is -0.481 e. The molecule has 0 spiro atoms.